The Morgan fingerprint density at radius 1 is 1.19 bits per heavy atom. The van der Waals surface area contributed by atoms with Crippen LogP contribution in [0.4, 0.5) is 25.0 Å². The van der Waals surface area contributed by atoms with Gasteiger partial charge in [0, 0.05) is 6.20 Å². The molecule has 1 unspecified atom stereocenters. The highest BCUT2D eigenvalue weighted by atomic mass is 32.2. The summed E-state index contributed by atoms with van der Waals surface area (Å²) in [6.07, 6.45) is 5.71. The normalized spacial score (nSPS) is 19.2. The highest BCUT2D eigenvalue weighted by Gasteiger charge is 2.41. The molecule has 13 heteroatoms. The molecular weight excluding hydrogens is 506 g/mol. The Morgan fingerprint density at radius 3 is 2.41 bits per heavy atom. The number of amides is 2. The molecule has 37 heavy (non-hydrogen) atoms. The number of quaternary nitrogens is 1. The molecule has 0 spiro atoms. The summed E-state index contributed by atoms with van der Waals surface area (Å²) in [4.78, 5) is 15.2. The molecule has 0 radical (unpaired) electrons. The van der Waals surface area contributed by atoms with Crippen LogP contribution in [0.25, 0.3) is 0 Å². The van der Waals surface area contributed by atoms with E-state index in [9.17, 15) is 27.2 Å². The molecule has 2 aliphatic carbocycles. The lowest BCUT2D eigenvalue weighted by Crippen LogP contribution is -3.14. The van der Waals surface area contributed by atoms with Crippen molar-refractivity contribution >= 4 is 27.6 Å². The average Bonchev–Trinajstić information content (AvgIpc) is 3.60. The van der Waals surface area contributed by atoms with Crippen LogP contribution < -0.4 is 14.1 Å². The first-order chi connectivity index (χ1) is 17.6. The molecule has 2 amide bonds. The molecule has 5 rings (SSSR count). The number of nitrogens with zero attached hydrogens (tertiary/aromatic N) is 4. The van der Waals surface area contributed by atoms with Gasteiger partial charge in [0.25, 0.3) is 6.43 Å². The second kappa shape index (κ2) is 10.3. The van der Waals surface area contributed by atoms with E-state index < -0.39 is 39.7 Å². The molecule has 10 nitrogen and oxygen atoms in total. The van der Waals surface area contributed by atoms with Crippen LogP contribution >= 0.6 is 0 Å². The zero-order valence-corrected chi connectivity index (χ0v) is 21.6. The van der Waals surface area contributed by atoms with E-state index in [-0.39, 0.29) is 5.69 Å². The van der Waals surface area contributed by atoms with Gasteiger partial charge in [-0.3, -0.25) is 10.00 Å². The number of likely N-dealkylation sites (tertiary alicyclic amines) is 1. The molecule has 2 N–H and O–H groups in total. The number of nitrogens with one attached hydrogen (secondary N) is 2. The number of alkyl halides is 2. The largest absolute Gasteiger partial charge is 0.608 e. The predicted molar refractivity (Wildman–Crippen MR) is 134 cm³/mol. The maximum absolute atomic E-state index is 13.7. The summed E-state index contributed by atoms with van der Waals surface area (Å²) in [5.74, 6) is 0. The number of hydrogen-bond acceptors (Lipinski definition) is 6. The fourth-order valence-electron chi connectivity index (χ4n) is 5.82. The van der Waals surface area contributed by atoms with Crippen LogP contribution in [0.15, 0.2) is 18.5 Å². The average molecular weight is 539 g/mol. The number of hydroxylamine groups is 1. The van der Waals surface area contributed by atoms with E-state index >= 15 is 0 Å². The number of carbonyl (C=O) groups excluding carboxylic acids is 1. The van der Waals surface area contributed by atoms with Crippen molar-refractivity contribution in [1.82, 2.24) is 14.7 Å². The Kier molecular flexibility index (Phi) is 7.22. The van der Waals surface area contributed by atoms with Gasteiger partial charge in [-0.2, -0.15) is 18.0 Å². The summed E-state index contributed by atoms with van der Waals surface area (Å²) in [5, 5.41) is 19.8. The summed E-state index contributed by atoms with van der Waals surface area (Å²) in [6.45, 7) is 0.467. The van der Waals surface area contributed by atoms with Crippen molar-refractivity contribution in [1.29, 1.82) is 0 Å². The number of rotatable bonds is 7. The van der Waals surface area contributed by atoms with E-state index in [1.807, 2.05) is 11.9 Å². The molecule has 0 saturated carbocycles. The highest BCUT2D eigenvalue weighted by Crippen LogP contribution is 2.38. The fourth-order valence-corrected chi connectivity index (χ4v) is 7.26. The lowest BCUT2D eigenvalue weighted by atomic mass is 9.99. The predicted octanol–water partition coefficient (Wildman–Crippen LogP) is 1.89. The molecule has 1 fully saturated rings. The van der Waals surface area contributed by atoms with Crippen molar-refractivity contribution in [2.45, 2.75) is 70.4 Å². The van der Waals surface area contributed by atoms with Crippen LogP contribution in [0.1, 0.15) is 47.9 Å². The van der Waals surface area contributed by atoms with Crippen molar-refractivity contribution in [2.75, 3.05) is 29.8 Å². The number of anilines is 2. The Hall–Kier alpha value is -2.61. The third-order valence-corrected chi connectivity index (χ3v) is 9.29. The third kappa shape index (κ3) is 5.09. The second-order valence-electron chi connectivity index (χ2n) is 10.1. The molecule has 202 valence electrons. The van der Waals surface area contributed by atoms with E-state index in [0.29, 0.717) is 31.6 Å². The molecule has 1 aromatic heterocycles. The van der Waals surface area contributed by atoms with Crippen molar-refractivity contribution in [3.05, 3.63) is 45.9 Å². The maximum Gasteiger partial charge on any atom is 0.436 e. The number of carbonyl (C=O) groups is 1. The number of aromatic nitrogens is 2. The summed E-state index contributed by atoms with van der Waals surface area (Å²) in [6, 6.07) is 0.372. The minimum absolute atomic E-state index is 0.00199. The van der Waals surface area contributed by atoms with Crippen LogP contribution in [0.3, 0.4) is 0 Å². The first-order valence-corrected chi connectivity index (χ1v) is 14.1. The van der Waals surface area contributed by atoms with Crippen LogP contribution in [0.5, 0.6) is 0 Å². The summed E-state index contributed by atoms with van der Waals surface area (Å²) in [7, 11) is -2.90. The third-order valence-electron chi connectivity index (χ3n) is 7.61. The van der Waals surface area contributed by atoms with Gasteiger partial charge in [-0.05, 0) is 93.8 Å². The smallest absolute Gasteiger partial charge is 0.436 e. The van der Waals surface area contributed by atoms with Gasteiger partial charge < -0.3 is 10.1 Å². The highest BCUT2D eigenvalue weighted by molar-refractivity contribution is 7.86. The summed E-state index contributed by atoms with van der Waals surface area (Å²) in [5.41, 5.74) is 4.85. The lowest BCUT2D eigenvalue weighted by Gasteiger charge is -2.37. The zero-order valence-electron chi connectivity index (χ0n) is 20.8. The van der Waals surface area contributed by atoms with E-state index in [1.54, 1.807) is 0 Å². The number of fused-ring (bicyclic) bond motifs is 2. The topological polar surface area (TPSA) is 115 Å². The van der Waals surface area contributed by atoms with Gasteiger partial charge in [-0.1, -0.05) is 6.07 Å². The first kappa shape index (κ1) is 26.0. The number of halogens is 2. The molecule has 2 aromatic rings. The van der Waals surface area contributed by atoms with Crippen LogP contribution in [-0.4, -0.2) is 61.7 Å². The molecule has 1 aromatic carbocycles. The van der Waals surface area contributed by atoms with Crippen molar-refractivity contribution in [3.8, 4) is 0 Å². The van der Waals surface area contributed by atoms with Crippen LogP contribution in [0, 0.1) is 5.21 Å². The Bertz CT molecular complexity index is 1240. The van der Waals surface area contributed by atoms with Gasteiger partial charge in [0.1, 0.15) is 6.54 Å². The maximum atomic E-state index is 13.7. The second-order valence-corrected chi connectivity index (χ2v) is 11.8. The van der Waals surface area contributed by atoms with E-state index in [2.05, 4.69) is 16.5 Å². The molecule has 0 bridgehead atoms. The molecule has 1 atom stereocenters. The van der Waals surface area contributed by atoms with Gasteiger partial charge in [0.2, 0.25) is 0 Å². The summed E-state index contributed by atoms with van der Waals surface area (Å²) >= 11 is 0. The minimum atomic E-state index is -4.81. The minimum Gasteiger partial charge on any atom is -0.608 e. The molecule has 1 aliphatic heterocycles. The number of benzene rings is 1. The molecule has 3 aliphatic rings. The SMILES string of the molecule is CN1CCC(N(c2cnn(CC(F)F)c2)S(=O)(=O)[NH+]([O-])C(=O)Nc2c3c(cc4c2CCC4)CCC3)CC1. The first-order valence-electron chi connectivity index (χ1n) is 12.7. The van der Waals surface area contributed by atoms with Gasteiger partial charge in [0.15, 0.2) is 0 Å². The van der Waals surface area contributed by atoms with Gasteiger partial charge >= 0.3 is 16.2 Å². The number of piperidine rings is 1. The van der Waals surface area contributed by atoms with Crippen molar-refractivity contribution in [3.63, 3.8) is 0 Å². The summed E-state index contributed by atoms with van der Waals surface area (Å²) < 4.78 is 53.4. The number of urea groups is 1. The lowest BCUT2D eigenvalue weighted by molar-refractivity contribution is -0.604. The van der Waals surface area contributed by atoms with Gasteiger partial charge in [-0.25, -0.2) is 17.9 Å². The zero-order chi connectivity index (χ0) is 26.3. The van der Waals surface area contributed by atoms with Gasteiger partial charge in [-0.15, -0.1) is 0 Å². The molecular formula is C24H32F2N6O4S. The Balaban J connectivity index is 1.44. The number of aryl methyl sites for hydroxylation is 2. The van der Waals surface area contributed by atoms with Crippen molar-refractivity contribution < 1.29 is 26.5 Å². The van der Waals surface area contributed by atoms with E-state index in [1.165, 1.54) is 6.20 Å². The van der Waals surface area contributed by atoms with Crippen LogP contribution in [0.2, 0.25) is 0 Å². The van der Waals surface area contributed by atoms with E-state index in [0.717, 1.165) is 76.0 Å². The molecule has 1 saturated heterocycles. The number of hydrogen-bond donors (Lipinski definition) is 2. The quantitative estimate of drug-likeness (QED) is 0.521. The standard InChI is InChI=1S/C24H32F2N6O4S/c1-29-10-8-18(9-11-29)31(19-13-27-30(14-19)15-22(25)26)37(35,36)32(34)24(33)28-23-20-6-2-4-16(20)12-17-5-3-7-21(17)23/h12-14,18,22,32H,2-11,15H2,1H3,(H,28,33). The fraction of sp³-hybridized carbons (Fsp3) is 0.583. The molecule has 2 heterocycles. The van der Waals surface area contributed by atoms with Gasteiger partial charge in [0.05, 0.1) is 23.6 Å². The Morgan fingerprint density at radius 2 is 1.81 bits per heavy atom. The van der Waals surface area contributed by atoms with Crippen LogP contribution in [-0.2, 0) is 42.4 Å². The monoisotopic (exact) mass is 538 g/mol. The van der Waals surface area contributed by atoms with Crippen molar-refractivity contribution in [2.24, 2.45) is 0 Å². The van der Waals surface area contributed by atoms with E-state index in [4.69, 9.17) is 0 Å². The Labute approximate surface area is 215 Å².